The Hall–Kier alpha value is -2.24. The Labute approximate surface area is 154 Å². The monoisotopic (exact) mass is 361 g/mol. The number of benzene rings is 1. The van der Waals surface area contributed by atoms with Crippen molar-refractivity contribution in [1.82, 2.24) is 4.90 Å². The molecule has 1 saturated heterocycles. The first kappa shape index (κ1) is 18.5. The molecule has 1 N–H and O–H groups in total. The molecule has 0 atom stereocenters. The van der Waals surface area contributed by atoms with Gasteiger partial charge in [0.25, 0.3) is 5.91 Å². The number of ether oxygens (including phenoxy) is 2. The minimum Gasteiger partial charge on any atom is -0.493 e. The van der Waals surface area contributed by atoms with Gasteiger partial charge in [0.2, 0.25) is 0 Å². The van der Waals surface area contributed by atoms with Gasteiger partial charge in [-0.25, -0.2) is 0 Å². The van der Waals surface area contributed by atoms with Crippen molar-refractivity contribution in [3.8, 4) is 11.5 Å². The Kier molecular flexibility index (Phi) is 6.01. The molecule has 0 radical (unpaired) electrons. The van der Waals surface area contributed by atoms with Crippen molar-refractivity contribution in [3.63, 3.8) is 0 Å². The van der Waals surface area contributed by atoms with E-state index in [-0.39, 0.29) is 24.3 Å². The van der Waals surface area contributed by atoms with Gasteiger partial charge in [0, 0.05) is 25.1 Å². The van der Waals surface area contributed by atoms with Crippen LogP contribution in [-0.2, 0) is 4.79 Å². The second-order valence-electron chi connectivity index (χ2n) is 7.22. The fourth-order valence-electron chi connectivity index (χ4n) is 3.86. The van der Waals surface area contributed by atoms with Crippen molar-refractivity contribution in [2.75, 3.05) is 20.2 Å². The van der Waals surface area contributed by atoms with Crippen LogP contribution in [0.4, 0.5) is 0 Å². The number of aliphatic carboxylic acids is 1. The van der Waals surface area contributed by atoms with E-state index in [1.165, 1.54) is 12.8 Å². The third kappa shape index (κ3) is 4.48. The molecule has 1 saturated carbocycles. The van der Waals surface area contributed by atoms with Gasteiger partial charge in [0.05, 0.1) is 13.2 Å². The summed E-state index contributed by atoms with van der Waals surface area (Å²) in [6, 6.07) is 5.34. The van der Waals surface area contributed by atoms with E-state index >= 15 is 0 Å². The van der Waals surface area contributed by atoms with E-state index < -0.39 is 5.97 Å². The van der Waals surface area contributed by atoms with E-state index in [0.717, 1.165) is 25.7 Å². The molecule has 1 aliphatic heterocycles. The molecule has 1 heterocycles. The molecular weight excluding hydrogens is 334 g/mol. The molecule has 1 aromatic rings. The van der Waals surface area contributed by atoms with Crippen LogP contribution in [0.25, 0.3) is 0 Å². The molecule has 142 valence electrons. The number of carboxylic acid groups (broad SMARTS) is 1. The maximum Gasteiger partial charge on any atom is 0.303 e. The van der Waals surface area contributed by atoms with Crippen LogP contribution in [-0.4, -0.2) is 48.2 Å². The zero-order chi connectivity index (χ0) is 18.5. The van der Waals surface area contributed by atoms with Crippen molar-refractivity contribution in [2.45, 2.75) is 51.0 Å². The molecule has 1 aromatic carbocycles. The Bertz CT molecular complexity index is 646. The summed E-state index contributed by atoms with van der Waals surface area (Å²) in [6.45, 7) is 1.20. The van der Waals surface area contributed by atoms with Gasteiger partial charge in [0.1, 0.15) is 0 Å². The van der Waals surface area contributed by atoms with Crippen molar-refractivity contribution in [2.24, 2.45) is 5.92 Å². The average molecular weight is 361 g/mol. The fourth-order valence-corrected chi connectivity index (χ4v) is 3.86. The lowest BCUT2D eigenvalue weighted by Crippen LogP contribution is -2.38. The molecule has 0 aromatic heterocycles. The van der Waals surface area contributed by atoms with Gasteiger partial charge in [-0.1, -0.05) is 0 Å². The van der Waals surface area contributed by atoms with Gasteiger partial charge in [0.15, 0.2) is 11.5 Å². The quantitative estimate of drug-likeness (QED) is 0.841. The predicted octanol–water partition coefficient (Wildman–Crippen LogP) is 3.34. The molecule has 0 unspecified atom stereocenters. The number of hydrogen-bond acceptors (Lipinski definition) is 4. The van der Waals surface area contributed by atoms with Crippen LogP contribution in [0, 0.1) is 5.92 Å². The highest BCUT2D eigenvalue weighted by Gasteiger charge is 2.26. The smallest absolute Gasteiger partial charge is 0.303 e. The first-order valence-electron chi connectivity index (χ1n) is 9.42. The van der Waals surface area contributed by atoms with E-state index in [1.54, 1.807) is 30.2 Å². The number of carbonyl (C=O) groups is 2. The summed E-state index contributed by atoms with van der Waals surface area (Å²) >= 11 is 0. The number of amides is 1. The molecule has 0 bridgehead atoms. The third-order valence-electron chi connectivity index (χ3n) is 5.37. The van der Waals surface area contributed by atoms with E-state index in [2.05, 4.69) is 0 Å². The van der Waals surface area contributed by atoms with Crippen LogP contribution in [0.1, 0.15) is 55.3 Å². The van der Waals surface area contributed by atoms with E-state index in [0.29, 0.717) is 30.2 Å². The second kappa shape index (κ2) is 8.43. The number of rotatable bonds is 6. The topological polar surface area (TPSA) is 76.1 Å². The van der Waals surface area contributed by atoms with Gasteiger partial charge < -0.3 is 19.5 Å². The van der Waals surface area contributed by atoms with Crippen LogP contribution < -0.4 is 9.47 Å². The van der Waals surface area contributed by atoms with Crippen LogP contribution in [0.15, 0.2) is 18.2 Å². The predicted molar refractivity (Wildman–Crippen MR) is 96.8 cm³/mol. The summed E-state index contributed by atoms with van der Waals surface area (Å²) in [5.74, 6) is 0.643. The summed E-state index contributed by atoms with van der Waals surface area (Å²) in [4.78, 5) is 25.5. The maximum atomic E-state index is 12.8. The Balaban J connectivity index is 1.66. The zero-order valence-corrected chi connectivity index (χ0v) is 15.3. The fraction of sp³-hybridized carbons (Fsp3) is 0.600. The number of likely N-dealkylation sites (tertiary alicyclic amines) is 1. The SMILES string of the molecule is COc1ccc(C(=O)N2CCC(CC(=O)O)CC2)cc1OC1CCCC1. The Morgan fingerprint density at radius 1 is 1.12 bits per heavy atom. The first-order chi connectivity index (χ1) is 12.6. The van der Waals surface area contributed by atoms with Crippen molar-refractivity contribution in [3.05, 3.63) is 23.8 Å². The van der Waals surface area contributed by atoms with Gasteiger partial charge >= 0.3 is 5.97 Å². The average Bonchev–Trinajstić information content (AvgIpc) is 3.14. The van der Waals surface area contributed by atoms with Crippen LogP contribution in [0.2, 0.25) is 0 Å². The molecule has 3 rings (SSSR count). The zero-order valence-electron chi connectivity index (χ0n) is 15.3. The standard InChI is InChI=1S/C20H27NO5/c1-25-17-7-6-15(13-18(17)26-16-4-2-3-5-16)20(24)21-10-8-14(9-11-21)12-19(22)23/h6-7,13-14,16H,2-5,8-12H2,1H3,(H,22,23). The highest BCUT2D eigenvalue weighted by Crippen LogP contribution is 2.33. The number of carbonyl (C=O) groups excluding carboxylic acids is 1. The van der Waals surface area contributed by atoms with Crippen LogP contribution in [0.5, 0.6) is 11.5 Å². The molecule has 2 aliphatic rings. The largest absolute Gasteiger partial charge is 0.493 e. The Morgan fingerprint density at radius 3 is 2.42 bits per heavy atom. The molecule has 1 aliphatic carbocycles. The molecule has 26 heavy (non-hydrogen) atoms. The molecule has 6 nitrogen and oxygen atoms in total. The lowest BCUT2D eigenvalue weighted by Gasteiger charge is -2.31. The van der Waals surface area contributed by atoms with Gasteiger partial charge in [-0.15, -0.1) is 0 Å². The summed E-state index contributed by atoms with van der Waals surface area (Å²) in [5, 5.41) is 8.91. The van der Waals surface area contributed by atoms with Gasteiger partial charge in [-0.2, -0.15) is 0 Å². The number of nitrogens with zero attached hydrogens (tertiary/aromatic N) is 1. The molecule has 6 heteroatoms. The molecule has 1 amide bonds. The summed E-state index contributed by atoms with van der Waals surface area (Å²) in [5.41, 5.74) is 0.593. The molecule has 2 fully saturated rings. The maximum absolute atomic E-state index is 12.8. The van der Waals surface area contributed by atoms with Crippen molar-refractivity contribution in [1.29, 1.82) is 0 Å². The lowest BCUT2D eigenvalue weighted by atomic mass is 9.93. The van der Waals surface area contributed by atoms with E-state index in [1.807, 2.05) is 0 Å². The summed E-state index contributed by atoms with van der Waals surface area (Å²) in [6.07, 6.45) is 6.29. The highest BCUT2D eigenvalue weighted by molar-refractivity contribution is 5.95. The normalized spacial score (nSPS) is 18.7. The van der Waals surface area contributed by atoms with E-state index in [4.69, 9.17) is 14.6 Å². The summed E-state index contributed by atoms with van der Waals surface area (Å²) < 4.78 is 11.5. The lowest BCUT2D eigenvalue weighted by molar-refractivity contribution is -0.138. The number of methoxy groups -OCH3 is 1. The summed E-state index contributed by atoms with van der Waals surface area (Å²) in [7, 11) is 1.60. The number of carboxylic acids is 1. The van der Waals surface area contributed by atoms with Gasteiger partial charge in [-0.3, -0.25) is 9.59 Å². The highest BCUT2D eigenvalue weighted by atomic mass is 16.5. The third-order valence-corrected chi connectivity index (χ3v) is 5.37. The molecule has 0 spiro atoms. The van der Waals surface area contributed by atoms with Crippen LogP contribution in [0.3, 0.4) is 0 Å². The van der Waals surface area contributed by atoms with Gasteiger partial charge in [-0.05, 0) is 62.6 Å². The van der Waals surface area contributed by atoms with E-state index in [9.17, 15) is 9.59 Å². The minimum atomic E-state index is -0.765. The first-order valence-corrected chi connectivity index (χ1v) is 9.42. The minimum absolute atomic E-state index is 0.0299. The van der Waals surface area contributed by atoms with Crippen molar-refractivity contribution >= 4 is 11.9 Å². The van der Waals surface area contributed by atoms with Crippen molar-refractivity contribution < 1.29 is 24.2 Å². The number of piperidine rings is 1. The number of hydrogen-bond donors (Lipinski definition) is 1. The second-order valence-corrected chi connectivity index (χ2v) is 7.22. The Morgan fingerprint density at radius 2 is 1.81 bits per heavy atom. The molecular formula is C20H27NO5. The van der Waals surface area contributed by atoms with Crippen LogP contribution >= 0.6 is 0 Å².